The number of hydrogen-bond acceptors (Lipinski definition) is 2. The van der Waals surface area contributed by atoms with Crippen molar-refractivity contribution in [3.63, 3.8) is 0 Å². The molecule has 3 heterocycles. The Bertz CT molecular complexity index is 986. The van der Waals surface area contributed by atoms with Gasteiger partial charge < -0.3 is 10.3 Å². The third-order valence-corrected chi connectivity index (χ3v) is 6.25. The van der Waals surface area contributed by atoms with Gasteiger partial charge in [-0.1, -0.05) is 24.3 Å². The van der Waals surface area contributed by atoms with Crippen LogP contribution < -0.4 is 5.32 Å². The van der Waals surface area contributed by atoms with Crippen molar-refractivity contribution in [2.75, 3.05) is 19.6 Å². The van der Waals surface area contributed by atoms with E-state index >= 15 is 0 Å². The fourth-order valence-electron chi connectivity index (χ4n) is 4.79. The first-order chi connectivity index (χ1) is 13.1. The van der Waals surface area contributed by atoms with E-state index in [0.29, 0.717) is 12.1 Å². The summed E-state index contributed by atoms with van der Waals surface area (Å²) in [4.78, 5) is 5.94. The molecule has 140 valence electrons. The molecule has 0 atom stereocenters. The van der Waals surface area contributed by atoms with E-state index in [2.05, 4.69) is 39.5 Å². The van der Waals surface area contributed by atoms with Crippen molar-refractivity contribution in [3.8, 4) is 0 Å². The largest absolute Gasteiger partial charge is 0.357 e. The van der Waals surface area contributed by atoms with Gasteiger partial charge in [0.15, 0.2) is 0 Å². The monoisotopic (exact) mass is 367 g/mol. The zero-order chi connectivity index (χ0) is 18.4. The molecule has 0 amide bonds. The van der Waals surface area contributed by atoms with Gasteiger partial charge in [0.25, 0.3) is 0 Å². The van der Waals surface area contributed by atoms with Crippen molar-refractivity contribution in [3.05, 3.63) is 70.9 Å². The van der Waals surface area contributed by atoms with E-state index in [4.69, 9.17) is 0 Å². The van der Waals surface area contributed by atoms with Gasteiger partial charge in [-0.05, 0) is 37.0 Å². The van der Waals surface area contributed by atoms with Gasteiger partial charge in [0.1, 0.15) is 11.6 Å². The zero-order valence-electron chi connectivity index (χ0n) is 15.2. The normalized spacial score (nSPS) is 19.5. The van der Waals surface area contributed by atoms with Crippen molar-refractivity contribution >= 4 is 10.9 Å². The summed E-state index contributed by atoms with van der Waals surface area (Å²) in [6.45, 7) is 3.29. The lowest BCUT2D eigenvalue weighted by atomic mass is 9.79. The SMILES string of the molecule is Fc1ccc(CN2CCC3(CC2)NCCc2c3[nH]c3ccccc23)c(F)c1. The Morgan fingerprint density at radius 1 is 1.04 bits per heavy atom. The van der Waals surface area contributed by atoms with Gasteiger partial charge in [-0.15, -0.1) is 0 Å². The van der Waals surface area contributed by atoms with Crippen molar-refractivity contribution < 1.29 is 8.78 Å². The van der Waals surface area contributed by atoms with Gasteiger partial charge in [0, 0.05) is 54.4 Å². The fraction of sp³-hybridized carbons (Fsp3) is 0.364. The summed E-state index contributed by atoms with van der Waals surface area (Å²) in [7, 11) is 0. The Hall–Kier alpha value is -2.24. The van der Waals surface area contributed by atoms with Crippen LogP contribution in [0.25, 0.3) is 10.9 Å². The Morgan fingerprint density at radius 3 is 2.67 bits per heavy atom. The number of benzene rings is 2. The molecule has 0 radical (unpaired) electrons. The summed E-state index contributed by atoms with van der Waals surface area (Å²) in [5.74, 6) is -0.976. The van der Waals surface area contributed by atoms with Crippen LogP contribution in [0.15, 0.2) is 42.5 Å². The second kappa shape index (κ2) is 6.43. The fourth-order valence-corrected chi connectivity index (χ4v) is 4.79. The van der Waals surface area contributed by atoms with E-state index in [1.165, 1.54) is 28.2 Å². The van der Waals surface area contributed by atoms with Crippen LogP contribution in [0, 0.1) is 11.6 Å². The Morgan fingerprint density at radius 2 is 1.85 bits per heavy atom. The number of halogens is 2. The maximum absolute atomic E-state index is 14.0. The predicted molar refractivity (Wildman–Crippen MR) is 103 cm³/mol. The van der Waals surface area contributed by atoms with Crippen LogP contribution in [0.1, 0.15) is 29.7 Å². The zero-order valence-corrected chi connectivity index (χ0v) is 15.2. The van der Waals surface area contributed by atoms with Gasteiger partial charge >= 0.3 is 0 Å². The molecule has 2 aliphatic rings. The summed E-state index contributed by atoms with van der Waals surface area (Å²) in [5, 5.41) is 5.11. The number of aromatic nitrogens is 1. The number of rotatable bonds is 2. The number of H-pyrrole nitrogens is 1. The summed E-state index contributed by atoms with van der Waals surface area (Å²) < 4.78 is 27.1. The smallest absolute Gasteiger partial charge is 0.130 e. The maximum atomic E-state index is 14.0. The predicted octanol–water partition coefficient (Wildman–Crippen LogP) is 4.08. The molecule has 2 aliphatic heterocycles. The van der Waals surface area contributed by atoms with Gasteiger partial charge in [-0.3, -0.25) is 4.90 Å². The molecule has 0 aliphatic carbocycles. The van der Waals surface area contributed by atoms with E-state index in [0.717, 1.165) is 45.0 Å². The van der Waals surface area contributed by atoms with E-state index in [-0.39, 0.29) is 5.54 Å². The Labute approximate surface area is 157 Å². The van der Waals surface area contributed by atoms with Crippen molar-refractivity contribution in [1.29, 1.82) is 0 Å². The Kier molecular flexibility index (Phi) is 4.02. The average molecular weight is 367 g/mol. The topological polar surface area (TPSA) is 31.1 Å². The third-order valence-electron chi connectivity index (χ3n) is 6.25. The summed E-state index contributed by atoms with van der Waals surface area (Å²) in [6, 6.07) is 12.4. The van der Waals surface area contributed by atoms with E-state index in [1.54, 1.807) is 6.07 Å². The van der Waals surface area contributed by atoms with Crippen molar-refractivity contribution in [1.82, 2.24) is 15.2 Å². The van der Waals surface area contributed by atoms with Crippen LogP contribution in [0.5, 0.6) is 0 Å². The lowest BCUT2D eigenvalue weighted by molar-refractivity contribution is 0.120. The molecule has 2 aromatic carbocycles. The second-order valence-corrected chi connectivity index (χ2v) is 7.79. The number of nitrogens with zero attached hydrogens (tertiary/aromatic N) is 1. The van der Waals surface area contributed by atoms with Crippen LogP contribution in [-0.2, 0) is 18.5 Å². The van der Waals surface area contributed by atoms with E-state index < -0.39 is 11.6 Å². The van der Waals surface area contributed by atoms with Gasteiger partial charge in [-0.25, -0.2) is 8.78 Å². The summed E-state index contributed by atoms with van der Waals surface area (Å²) in [5.41, 5.74) is 4.53. The minimum absolute atomic E-state index is 0.0234. The molecular weight excluding hydrogens is 344 g/mol. The quantitative estimate of drug-likeness (QED) is 0.715. The first-order valence-corrected chi connectivity index (χ1v) is 9.66. The number of aromatic amines is 1. The average Bonchev–Trinajstić information content (AvgIpc) is 3.06. The molecule has 3 nitrogen and oxygen atoms in total. The number of hydrogen-bond donors (Lipinski definition) is 2. The highest BCUT2D eigenvalue weighted by atomic mass is 19.1. The second-order valence-electron chi connectivity index (χ2n) is 7.79. The van der Waals surface area contributed by atoms with Gasteiger partial charge in [0.05, 0.1) is 5.54 Å². The van der Waals surface area contributed by atoms with Crippen LogP contribution in [0.3, 0.4) is 0 Å². The first kappa shape index (κ1) is 16.9. The number of para-hydroxylation sites is 1. The lowest BCUT2D eigenvalue weighted by Gasteiger charge is -2.45. The first-order valence-electron chi connectivity index (χ1n) is 9.66. The third kappa shape index (κ3) is 2.86. The standard InChI is InChI=1S/C22H23F2N3/c23-16-6-5-15(19(24)13-16)14-27-11-8-22(9-12-27)21-18(7-10-25-22)17-3-1-2-4-20(17)26-21/h1-6,13,25-26H,7-12,14H2. The molecule has 0 unspecified atom stereocenters. The molecule has 1 saturated heterocycles. The molecule has 0 bridgehead atoms. The van der Waals surface area contributed by atoms with E-state index in [1.807, 2.05) is 0 Å². The summed E-state index contributed by atoms with van der Waals surface area (Å²) in [6.07, 6.45) is 3.01. The molecule has 2 N–H and O–H groups in total. The Balaban J connectivity index is 1.37. The summed E-state index contributed by atoms with van der Waals surface area (Å²) >= 11 is 0. The molecule has 1 spiro atoms. The number of likely N-dealkylation sites (tertiary alicyclic amines) is 1. The highest BCUT2D eigenvalue weighted by Gasteiger charge is 2.41. The maximum Gasteiger partial charge on any atom is 0.130 e. The molecule has 5 rings (SSSR count). The highest BCUT2D eigenvalue weighted by Crippen LogP contribution is 2.40. The lowest BCUT2D eigenvalue weighted by Crippen LogP contribution is -2.54. The molecule has 1 fully saturated rings. The van der Waals surface area contributed by atoms with Crippen molar-refractivity contribution in [2.24, 2.45) is 0 Å². The molecular formula is C22H23F2N3. The van der Waals surface area contributed by atoms with Crippen LogP contribution in [0.2, 0.25) is 0 Å². The molecule has 1 aromatic heterocycles. The molecule has 3 aromatic rings. The highest BCUT2D eigenvalue weighted by molar-refractivity contribution is 5.85. The van der Waals surface area contributed by atoms with Crippen molar-refractivity contribution in [2.45, 2.75) is 31.3 Å². The number of nitrogens with one attached hydrogen (secondary N) is 2. The molecule has 5 heteroatoms. The molecule has 27 heavy (non-hydrogen) atoms. The van der Waals surface area contributed by atoms with E-state index in [9.17, 15) is 8.78 Å². The minimum Gasteiger partial charge on any atom is -0.357 e. The van der Waals surface area contributed by atoms with Crippen LogP contribution in [0.4, 0.5) is 8.78 Å². The number of fused-ring (bicyclic) bond motifs is 4. The van der Waals surface area contributed by atoms with Gasteiger partial charge in [-0.2, -0.15) is 0 Å². The minimum atomic E-state index is -0.522. The van der Waals surface area contributed by atoms with Gasteiger partial charge in [0.2, 0.25) is 0 Å². The number of piperidine rings is 1. The van der Waals surface area contributed by atoms with Crippen LogP contribution >= 0.6 is 0 Å². The molecule has 0 saturated carbocycles. The van der Waals surface area contributed by atoms with Crippen LogP contribution in [-0.4, -0.2) is 29.5 Å².